The highest BCUT2D eigenvalue weighted by Gasteiger charge is 2.04. The molecule has 0 saturated heterocycles. The Kier molecular flexibility index (Phi) is 5.12. The number of ether oxygens (including phenoxy) is 1. The predicted molar refractivity (Wildman–Crippen MR) is 67.3 cm³/mol. The average molecular weight is 272 g/mol. The standard InChI is InChI=1S/C12H18BrNO/c1-3-6-15-11-4-5-12(13)10(8-11)7-9(2)14/h4-5,8-9H,3,6-7,14H2,1-2H3. The molecule has 3 heteroatoms. The molecule has 0 aliphatic carbocycles. The smallest absolute Gasteiger partial charge is 0.119 e. The largest absolute Gasteiger partial charge is 0.494 e. The Morgan fingerprint density at radius 3 is 2.80 bits per heavy atom. The molecule has 2 N–H and O–H groups in total. The molecule has 0 radical (unpaired) electrons. The Balaban J connectivity index is 2.75. The molecule has 15 heavy (non-hydrogen) atoms. The third-order valence-electron chi connectivity index (χ3n) is 2.03. The lowest BCUT2D eigenvalue weighted by Gasteiger charge is -2.10. The summed E-state index contributed by atoms with van der Waals surface area (Å²) in [5, 5.41) is 0. The Morgan fingerprint density at radius 2 is 2.20 bits per heavy atom. The zero-order valence-electron chi connectivity index (χ0n) is 9.29. The lowest BCUT2D eigenvalue weighted by atomic mass is 10.1. The second kappa shape index (κ2) is 6.13. The quantitative estimate of drug-likeness (QED) is 0.893. The van der Waals surface area contributed by atoms with Gasteiger partial charge in [-0.1, -0.05) is 22.9 Å². The molecule has 0 heterocycles. The minimum atomic E-state index is 0.169. The first kappa shape index (κ1) is 12.5. The summed E-state index contributed by atoms with van der Waals surface area (Å²) in [6.07, 6.45) is 1.89. The molecule has 0 aromatic heterocycles. The van der Waals surface area contributed by atoms with Gasteiger partial charge in [-0.25, -0.2) is 0 Å². The molecule has 0 spiro atoms. The first-order valence-corrected chi connectivity index (χ1v) is 6.09. The minimum absolute atomic E-state index is 0.169. The van der Waals surface area contributed by atoms with Gasteiger partial charge in [0.2, 0.25) is 0 Å². The predicted octanol–water partition coefficient (Wildman–Crippen LogP) is 3.13. The van der Waals surface area contributed by atoms with E-state index in [1.54, 1.807) is 0 Å². The zero-order chi connectivity index (χ0) is 11.3. The zero-order valence-corrected chi connectivity index (χ0v) is 10.9. The van der Waals surface area contributed by atoms with Crippen LogP contribution in [0.1, 0.15) is 25.8 Å². The fraction of sp³-hybridized carbons (Fsp3) is 0.500. The Labute approximate surface area is 99.9 Å². The molecule has 0 amide bonds. The van der Waals surface area contributed by atoms with E-state index >= 15 is 0 Å². The van der Waals surface area contributed by atoms with Crippen LogP contribution in [0.2, 0.25) is 0 Å². The fourth-order valence-electron chi connectivity index (χ4n) is 1.36. The summed E-state index contributed by atoms with van der Waals surface area (Å²) >= 11 is 3.52. The van der Waals surface area contributed by atoms with Crippen LogP contribution in [0.4, 0.5) is 0 Å². The van der Waals surface area contributed by atoms with Crippen molar-refractivity contribution in [3.8, 4) is 5.75 Å². The van der Waals surface area contributed by atoms with Crippen molar-refractivity contribution in [3.05, 3.63) is 28.2 Å². The summed E-state index contributed by atoms with van der Waals surface area (Å²) in [7, 11) is 0. The van der Waals surface area contributed by atoms with Gasteiger partial charge >= 0.3 is 0 Å². The molecular formula is C12H18BrNO. The topological polar surface area (TPSA) is 35.2 Å². The highest BCUT2D eigenvalue weighted by atomic mass is 79.9. The molecule has 1 aromatic carbocycles. The van der Waals surface area contributed by atoms with Crippen molar-refractivity contribution in [1.82, 2.24) is 0 Å². The monoisotopic (exact) mass is 271 g/mol. The van der Waals surface area contributed by atoms with Crippen molar-refractivity contribution in [2.75, 3.05) is 6.61 Å². The van der Waals surface area contributed by atoms with E-state index in [-0.39, 0.29) is 6.04 Å². The number of halogens is 1. The minimum Gasteiger partial charge on any atom is -0.494 e. The molecular weight excluding hydrogens is 254 g/mol. The SMILES string of the molecule is CCCOc1ccc(Br)c(CC(C)N)c1. The van der Waals surface area contributed by atoms with Crippen LogP contribution in [0, 0.1) is 0 Å². The highest BCUT2D eigenvalue weighted by molar-refractivity contribution is 9.10. The van der Waals surface area contributed by atoms with Gasteiger partial charge in [-0.2, -0.15) is 0 Å². The van der Waals surface area contributed by atoms with Crippen molar-refractivity contribution >= 4 is 15.9 Å². The van der Waals surface area contributed by atoms with Crippen LogP contribution >= 0.6 is 15.9 Å². The van der Waals surface area contributed by atoms with Gasteiger partial charge in [0, 0.05) is 10.5 Å². The molecule has 0 fully saturated rings. The van der Waals surface area contributed by atoms with Crippen LogP contribution in [-0.4, -0.2) is 12.6 Å². The lowest BCUT2D eigenvalue weighted by molar-refractivity contribution is 0.317. The van der Waals surface area contributed by atoms with E-state index in [1.807, 2.05) is 19.1 Å². The van der Waals surface area contributed by atoms with Gasteiger partial charge in [0.05, 0.1) is 6.61 Å². The van der Waals surface area contributed by atoms with E-state index in [0.29, 0.717) is 0 Å². The van der Waals surface area contributed by atoms with Gasteiger partial charge in [-0.3, -0.25) is 0 Å². The van der Waals surface area contributed by atoms with E-state index in [9.17, 15) is 0 Å². The summed E-state index contributed by atoms with van der Waals surface area (Å²) < 4.78 is 6.67. The molecule has 1 atom stereocenters. The van der Waals surface area contributed by atoms with E-state index < -0.39 is 0 Å². The maximum atomic E-state index is 5.78. The first-order chi connectivity index (χ1) is 7.13. The second-order valence-corrected chi connectivity index (χ2v) is 4.64. The summed E-state index contributed by atoms with van der Waals surface area (Å²) in [6.45, 7) is 4.87. The van der Waals surface area contributed by atoms with Crippen LogP contribution in [0.5, 0.6) is 5.75 Å². The third kappa shape index (κ3) is 4.22. The number of rotatable bonds is 5. The fourth-order valence-corrected chi connectivity index (χ4v) is 1.77. The first-order valence-electron chi connectivity index (χ1n) is 5.30. The third-order valence-corrected chi connectivity index (χ3v) is 2.81. The van der Waals surface area contributed by atoms with Crippen molar-refractivity contribution in [3.63, 3.8) is 0 Å². The molecule has 1 aromatic rings. The van der Waals surface area contributed by atoms with Gasteiger partial charge in [0.1, 0.15) is 5.75 Å². The van der Waals surface area contributed by atoms with E-state index in [2.05, 4.69) is 28.9 Å². The number of hydrogen-bond acceptors (Lipinski definition) is 2. The maximum absolute atomic E-state index is 5.78. The van der Waals surface area contributed by atoms with Gasteiger partial charge in [-0.05, 0) is 43.5 Å². The second-order valence-electron chi connectivity index (χ2n) is 3.78. The highest BCUT2D eigenvalue weighted by Crippen LogP contribution is 2.23. The summed E-state index contributed by atoms with van der Waals surface area (Å²) in [5.74, 6) is 0.927. The van der Waals surface area contributed by atoms with Gasteiger partial charge in [-0.15, -0.1) is 0 Å². The molecule has 2 nitrogen and oxygen atoms in total. The van der Waals surface area contributed by atoms with Gasteiger partial charge in [0.15, 0.2) is 0 Å². The van der Waals surface area contributed by atoms with Crippen molar-refractivity contribution in [2.24, 2.45) is 5.73 Å². The van der Waals surface area contributed by atoms with Crippen LogP contribution in [0.3, 0.4) is 0 Å². The normalized spacial score (nSPS) is 12.5. The van der Waals surface area contributed by atoms with Crippen molar-refractivity contribution in [2.45, 2.75) is 32.7 Å². The molecule has 1 rings (SSSR count). The summed E-state index contributed by atoms with van der Waals surface area (Å²) in [6, 6.07) is 6.22. The van der Waals surface area contributed by atoms with Crippen LogP contribution < -0.4 is 10.5 Å². The van der Waals surface area contributed by atoms with Gasteiger partial charge in [0.25, 0.3) is 0 Å². The summed E-state index contributed by atoms with van der Waals surface area (Å²) in [5.41, 5.74) is 6.99. The van der Waals surface area contributed by atoms with Crippen LogP contribution in [0.25, 0.3) is 0 Å². The molecule has 0 aliphatic rings. The summed E-state index contributed by atoms with van der Waals surface area (Å²) in [4.78, 5) is 0. The van der Waals surface area contributed by atoms with Crippen molar-refractivity contribution in [1.29, 1.82) is 0 Å². The Hall–Kier alpha value is -0.540. The molecule has 84 valence electrons. The average Bonchev–Trinajstić information content (AvgIpc) is 2.18. The van der Waals surface area contributed by atoms with Crippen LogP contribution in [-0.2, 0) is 6.42 Å². The van der Waals surface area contributed by atoms with E-state index in [1.165, 1.54) is 5.56 Å². The Morgan fingerprint density at radius 1 is 1.47 bits per heavy atom. The van der Waals surface area contributed by atoms with E-state index in [4.69, 9.17) is 10.5 Å². The molecule has 1 unspecified atom stereocenters. The molecule has 0 saturated carbocycles. The van der Waals surface area contributed by atoms with Crippen LogP contribution in [0.15, 0.2) is 22.7 Å². The lowest BCUT2D eigenvalue weighted by Crippen LogP contribution is -2.18. The number of benzene rings is 1. The van der Waals surface area contributed by atoms with Gasteiger partial charge < -0.3 is 10.5 Å². The number of nitrogens with two attached hydrogens (primary N) is 1. The van der Waals surface area contributed by atoms with Crippen molar-refractivity contribution < 1.29 is 4.74 Å². The molecule has 0 aliphatic heterocycles. The number of hydrogen-bond donors (Lipinski definition) is 1. The Bertz CT molecular complexity index is 312. The molecule has 0 bridgehead atoms. The maximum Gasteiger partial charge on any atom is 0.119 e. The van der Waals surface area contributed by atoms with E-state index in [0.717, 1.165) is 29.7 Å².